The molecular formula is C20H17ClN6S. The summed E-state index contributed by atoms with van der Waals surface area (Å²) in [6, 6.07) is 17.9. The molecule has 0 atom stereocenters. The summed E-state index contributed by atoms with van der Waals surface area (Å²) in [7, 11) is 0. The average molecular weight is 409 g/mol. The fourth-order valence-electron chi connectivity index (χ4n) is 2.73. The van der Waals surface area contributed by atoms with Crippen LogP contribution in [0.5, 0.6) is 0 Å². The van der Waals surface area contributed by atoms with E-state index in [4.69, 9.17) is 23.8 Å². The highest BCUT2D eigenvalue weighted by Crippen LogP contribution is 2.19. The van der Waals surface area contributed by atoms with E-state index < -0.39 is 0 Å². The van der Waals surface area contributed by atoms with Gasteiger partial charge in [-0.25, -0.2) is 4.98 Å². The highest BCUT2D eigenvalue weighted by molar-refractivity contribution is 7.71. The predicted molar refractivity (Wildman–Crippen MR) is 116 cm³/mol. The van der Waals surface area contributed by atoms with Gasteiger partial charge < -0.3 is 5.32 Å². The van der Waals surface area contributed by atoms with Crippen molar-refractivity contribution in [3.05, 3.63) is 81.5 Å². The molecule has 8 heteroatoms. The standard InChI is InChI=1S/C20H17ClN6S/c1-13-6-8-16(9-7-13)22-12-18-25-26-20(28)27(18)23-11-15-10-14-4-2-3-5-17(14)24-19(15)21/h2-11,22H,12H2,1H3,(H,26,28)/b23-11+. The van der Waals surface area contributed by atoms with E-state index >= 15 is 0 Å². The van der Waals surface area contributed by atoms with Crippen molar-refractivity contribution in [2.45, 2.75) is 13.5 Å². The number of nitrogens with one attached hydrogen (secondary N) is 2. The number of aryl methyl sites for hydroxylation is 1. The van der Waals surface area contributed by atoms with Gasteiger partial charge in [-0.2, -0.15) is 14.9 Å². The minimum Gasteiger partial charge on any atom is -0.378 e. The maximum absolute atomic E-state index is 6.30. The Labute approximate surface area is 171 Å². The molecule has 2 heterocycles. The van der Waals surface area contributed by atoms with Gasteiger partial charge in [0.25, 0.3) is 0 Å². The van der Waals surface area contributed by atoms with Gasteiger partial charge in [0, 0.05) is 16.6 Å². The van der Waals surface area contributed by atoms with Crippen LogP contribution in [-0.4, -0.2) is 26.1 Å². The molecule has 140 valence electrons. The highest BCUT2D eigenvalue weighted by Gasteiger charge is 2.07. The van der Waals surface area contributed by atoms with Crippen LogP contribution in [0.25, 0.3) is 10.9 Å². The summed E-state index contributed by atoms with van der Waals surface area (Å²) < 4.78 is 1.98. The van der Waals surface area contributed by atoms with Gasteiger partial charge in [-0.15, -0.1) is 0 Å². The van der Waals surface area contributed by atoms with Gasteiger partial charge >= 0.3 is 0 Å². The molecule has 0 amide bonds. The third kappa shape index (κ3) is 3.95. The quantitative estimate of drug-likeness (QED) is 0.278. The Morgan fingerprint density at radius 1 is 1.21 bits per heavy atom. The summed E-state index contributed by atoms with van der Waals surface area (Å²) in [5.74, 6) is 0.659. The minimum atomic E-state index is 0.386. The lowest BCUT2D eigenvalue weighted by Crippen LogP contribution is -2.06. The van der Waals surface area contributed by atoms with Crippen LogP contribution in [0.2, 0.25) is 5.15 Å². The second kappa shape index (κ2) is 7.92. The number of aromatic amines is 1. The Kier molecular flexibility index (Phi) is 5.18. The molecule has 0 spiro atoms. The summed E-state index contributed by atoms with van der Waals surface area (Å²) in [5.41, 5.74) is 3.75. The molecule has 0 unspecified atom stereocenters. The zero-order valence-corrected chi connectivity index (χ0v) is 16.6. The number of hydrogen-bond donors (Lipinski definition) is 2. The predicted octanol–water partition coefficient (Wildman–Crippen LogP) is 4.95. The van der Waals surface area contributed by atoms with Crippen LogP contribution < -0.4 is 5.32 Å². The van der Waals surface area contributed by atoms with E-state index in [1.54, 1.807) is 10.9 Å². The maximum Gasteiger partial charge on any atom is 0.216 e. The summed E-state index contributed by atoms with van der Waals surface area (Å²) in [6.45, 7) is 2.52. The molecule has 2 aromatic heterocycles. The van der Waals surface area contributed by atoms with E-state index in [-0.39, 0.29) is 0 Å². The summed E-state index contributed by atoms with van der Waals surface area (Å²) >= 11 is 11.6. The first-order chi connectivity index (χ1) is 13.6. The van der Waals surface area contributed by atoms with Gasteiger partial charge in [0.05, 0.1) is 18.3 Å². The van der Waals surface area contributed by atoms with E-state index in [0.29, 0.717) is 27.9 Å². The average Bonchev–Trinajstić information content (AvgIpc) is 3.05. The molecule has 2 N–H and O–H groups in total. The molecule has 0 fully saturated rings. The van der Waals surface area contributed by atoms with E-state index in [1.165, 1.54) is 5.56 Å². The number of aromatic nitrogens is 4. The van der Waals surface area contributed by atoms with E-state index in [2.05, 4.69) is 32.5 Å². The SMILES string of the molecule is Cc1ccc(NCc2n[nH]c(=S)n2/N=C/c2cc3ccccc3nc2Cl)cc1. The molecule has 6 nitrogen and oxygen atoms in total. The number of benzene rings is 2. The summed E-state index contributed by atoms with van der Waals surface area (Å²) in [5, 5.41) is 16.2. The summed E-state index contributed by atoms with van der Waals surface area (Å²) in [4.78, 5) is 4.41. The number of H-pyrrole nitrogens is 1. The zero-order chi connectivity index (χ0) is 19.5. The molecule has 0 radical (unpaired) electrons. The fourth-order valence-corrected chi connectivity index (χ4v) is 3.12. The molecule has 4 aromatic rings. The minimum absolute atomic E-state index is 0.386. The van der Waals surface area contributed by atoms with E-state index in [9.17, 15) is 0 Å². The van der Waals surface area contributed by atoms with Crippen molar-refractivity contribution in [2.75, 3.05) is 5.32 Å². The molecule has 0 bridgehead atoms. The second-order valence-corrected chi connectivity index (χ2v) is 7.03. The number of rotatable bonds is 5. The Morgan fingerprint density at radius 2 is 2.00 bits per heavy atom. The zero-order valence-electron chi connectivity index (χ0n) is 15.1. The van der Waals surface area contributed by atoms with Crippen molar-refractivity contribution >= 4 is 46.6 Å². The Morgan fingerprint density at radius 3 is 2.82 bits per heavy atom. The molecule has 28 heavy (non-hydrogen) atoms. The van der Waals surface area contributed by atoms with Gasteiger partial charge in [0.1, 0.15) is 5.15 Å². The lowest BCUT2D eigenvalue weighted by molar-refractivity contribution is 0.784. The van der Waals surface area contributed by atoms with Crippen molar-refractivity contribution < 1.29 is 0 Å². The normalized spacial score (nSPS) is 11.4. The molecule has 0 saturated carbocycles. The lowest BCUT2D eigenvalue weighted by Gasteiger charge is -2.06. The van der Waals surface area contributed by atoms with Gasteiger partial charge in [-0.3, -0.25) is 5.10 Å². The first-order valence-electron chi connectivity index (χ1n) is 8.66. The maximum atomic E-state index is 6.30. The van der Waals surface area contributed by atoms with E-state index in [0.717, 1.165) is 16.6 Å². The first kappa shape index (κ1) is 18.3. The van der Waals surface area contributed by atoms with Crippen molar-refractivity contribution in [2.24, 2.45) is 5.10 Å². The molecule has 2 aromatic carbocycles. The third-order valence-corrected chi connectivity index (χ3v) is 4.80. The molecule has 0 aliphatic heterocycles. The first-order valence-corrected chi connectivity index (χ1v) is 9.45. The molecular weight excluding hydrogens is 392 g/mol. The van der Waals surface area contributed by atoms with Gasteiger partial charge in [-0.1, -0.05) is 47.5 Å². The van der Waals surface area contributed by atoms with Crippen LogP contribution in [-0.2, 0) is 6.54 Å². The molecule has 0 aliphatic rings. The van der Waals surface area contributed by atoms with Gasteiger partial charge in [0.2, 0.25) is 4.77 Å². The second-order valence-electron chi connectivity index (χ2n) is 6.28. The van der Waals surface area contributed by atoms with E-state index in [1.807, 2.05) is 54.6 Å². The fraction of sp³-hybridized carbons (Fsp3) is 0.100. The van der Waals surface area contributed by atoms with Crippen LogP contribution in [0.3, 0.4) is 0 Å². The highest BCUT2D eigenvalue weighted by atomic mass is 35.5. The Balaban J connectivity index is 1.58. The number of nitrogens with zero attached hydrogens (tertiary/aromatic N) is 4. The van der Waals surface area contributed by atoms with Crippen LogP contribution >= 0.6 is 23.8 Å². The van der Waals surface area contributed by atoms with Crippen LogP contribution in [0, 0.1) is 11.7 Å². The molecule has 4 rings (SSSR count). The Hall–Kier alpha value is -3.03. The number of anilines is 1. The smallest absolute Gasteiger partial charge is 0.216 e. The van der Waals surface area contributed by atoms with Gasteiger partial charge in [-0.05, 0) is 43.4 Å². The number of halogens is 1. The van der Waals surface area contributed by atoms with Crippen molar-refractivity contribution in [1.82, 2.24) is 19.9 Å². The number of pyridine rings is 1. The van der Waals surface area contributed by atoms with Crippen LogP contribution in [0.4, 0.5) is 5.69 Å². The Bertz CT molecular complexity index is 1210. The number of para-hydroxylation sites is 1. The van der Waals surface area contributed by atoms with Crippen molar-refractivity contribution in [3.63, 3.8) is 0 Å². The van der Waals surface area contributed by atoms with Crippen molar-refractivity contribution in [3.8, 4) is 0 Å². The van der Waals surface area contributed by atoms with Crippen molar-refractivity contribution in [1.29, 1.82) is 0 Å². The number of fused-ring (bicyclic) bond motifs is 1. The van der Waals surface area contributed by atoms with Crippen LogP contribution in [0.15, 0.2) is 59.7 Å². The van der Waals surface area contributed by atoms with Gasteiger partial charge in [0.15, 0.2) is 5.82 Å². The monoisotopic (exact) mass is 408 g/mol. The topological polar surface area (TPSA) is 70.9 Å². The molecule has 0 saturated heterocycles. The lowest BCUT2D eigenvalue weighted by atomic mass is 10.2. The third-order valence-electron chi connectivity index (χ3n) is 4.24. The van der Waals surface area contributed by atoms with Crippen LogP contribution in [0.1, 0.15) is 17.0 Å². The largest absolute Gasteiger partial charge is 0.378 e. The summed E-state index contributed by atoms with van der Waals surface area (Å²) in [6.07, 6.45) is 1.64. The molecule has 0 aliphatic carbocycles. The number of hydrogen-bond acceptors (Lipinski definition) is 5.